The van der Waals surface area contributed by atoms with Gasteiger partial charge in [0.05, 0.1) is 41.6 Å². The summed E-state index contributed by atoms with van der Waals surface area (Å²) in [7, 11) is 0. The Morgan fingerprint density at radius 1 is 1.24 bits per heavy atom. The minimum atomic E-state index is -1.94. The van der Waals surface area contributed by atoms with Gasteiger partial charge >= 0.3 is 5.97 Å². The van der Waals surface area contributed by atoms with Gasteiger partial charge in [-0.1, -0.05) is 27.7 Å². The molecule has 2 atom stereocenters. The van der Waals surface area contributed by atoms with Crippen LogP contribution in [0.2, 0.25) is 0 Å². The highest BCUT2D eigenvalue weighted by Gasteiger charge is 2.46. The molecule has 3 N–H and O–H groups in total. The molecule has 9 nitrogen and oxygen atoms in total. The largest absolute Gasteiger partial charge is 0.458 e. The molecule has 0 bridgehead atoms. The third-order valence-corrected chi connectivity index (χ3v) is 9.05. The van der Waals surface area contributed by atoms with E-state index in [4.69, 9.17) is 9.72 Å². The molecule has 1 amide bonds. The molecule has 0 saturated carbocycles. The summed E-state index contributed by atoms with van der Waals surface area (Å²) >= 11 is 0. The number of carbonyl (C=O) groups is 2. The van der Waals surface area contributed by atoms with E-state index in [1.54, 1.807) is 24.5 Å². The molecule has 3 aliphatic rings. The number of halogens is 1. The first-order chi connectivity index (χ1) is 19.8. The second kappa shape index (κ2) is 9.98. The number of esters is 1. The molecule has 42 heavy (non-hydrogen) atoms. The quantitative estimate of drug-likeness (QED) is 0.237. The molecule has 0 fully saturated rings. The fraction of sp³-hybridized carbons (Fsp3) is 0.500. The van der Waals surface area contributed by atoms with Crippen molar-refractivity contribution >= 4 is 22.8 Å². The molecule has 1 aliphatic carbocycles. The molecular weight excluding hydrogens is 539 g/mol. The number of carbonyl (C=O) groups excluding carboxylic acids is 2. The number of hydrogen-bond donors (Lipinski definition) is 3. The molecular formula is C32H37FN4O5. The lowest BCUT2D eigenvalue weighted by atomic mass is 9.81. The van der Waals surface area contributed by atoms with Crippen LogP contribution in [0.4, 0.5) is 4.39 Å². The molecule has 222 valence electrons. The topological polar surface area (TPSA) is 123 Å². The number of ether oxygens (including phenoxy) is 1. The van der Waals surface area contributed by atoms with Crippen LogP contribution in [-0.4, -0.2) is 39.6 Å². The zero-order valence-corrected chi connectivity index (χ0v) is 24.7. The number of pyridine rings is 2. The smallest absolute Gasteiger partial charge is 0.343 e. The Morgan fingerprint density at radius 2 is 2.00 bits per heavy atom. The second-order valence-electron chi connectivity index (χ2n) is 13.0. The van der Waals surface area contributed by atoms with Gasteiger partial charge in [0.1, 0.15) is 12.4 Å². The summed E-state index contributed by atoms with van der Waals surface area (Å²) in [6.07, 6.45) is 2.13. The van der Waals surface area contributed by atoms with Gasteiger partial charge in [-0.25, -0.2) is 14.2 Å². The number of nitrogens with one attached hydrogen (secondary N) is 2. The third-order valence-electron chi connectivity index (χ3n) is 9.05. The first-order valence-corrected chi connectivity index (χ1v) is 14.7. The average Bonchev–Trinajstić information content (AvgIpc) is 3.30. The van der Waals surface area contributed by atoms with Crippen LogP contribution >= 0.6 is 0 Å². The number of aromatic nitrogens is 2. The molecule has 6 rings (SSSR count). The summed E-state index contributed by atoms with van der Waals surface area (Å²) < 4.78 is 21.9. The number of aryl methyl sites for hydroxylation is 1. The molecule has 2 aliphatic heterocycles. The SMILES string of the molecule is CC[C@@]1(O)C(=O)OCc2c1cc1n(c2=O)Cc2c-1nc1cc(F)c(C)c3c1c2[C@@H](NC(=O)CNCCC(C)(C)C)CC3. The molecule has 3 aromatic rings. The minimum absolute atomic E-state index is 0.0384. The van der Waals surface area contributed by atoms with Crippen molar-refractivity contribution in [2.24, 2.45) is 5.41 Å². The lowest BCUT2D eigenvalue weighted by molar-refractivity contribution is -0.172. The first kappa shape index (κ1) is 28.5. The predicted molar refractivity (Wildman–Crippen MR) is 155 cm³/mol. The zero-order chi connectivity index (χ0) is 30.1. The van der Waals surface area contributed by atoms with E-state index < -0.39 is 11.6 Å². The van der Waals surface area contributed by atoms with Crippen LogP contribution in [0, 0.1) is 18.2 Å². The average molecular weight is 577 g/mol. The van der Waals surface area contributed by atoms with Crippen LogP contribution in [0.3, 0.4) is 0 Å². The Balaban J connectivity index is 1.46. The summed E-state index contributed by atoms with van der Waals surface area (Å²) in [6.45, 7) is 10.8. The molecule has 0 spiro atoms. The van der Waals surface area contributed by atoms with E-state index in [0.717, 1.165) is 35.0 Å². The molecule has 0 unspecified atom stereocenters. The van der Waals surface area contributed by atoms with E-state index in [1.165, 1.54) is 6.07 Å². The van der Waals surface area contributed by atoms with Gasteiger partial charge < -0.3 is 25.0 Å². The monoisotopic (exact) mass is 576 g/mol. The summed E-state index contributed by atoms with van der Waals surface area (Å²) in [5.74, 6) is -1.28. The standard InChI is InChI=1S/C32H37FN4O5/c1-6-32(41)20-11-24-28-18(14-37(24)29(39)19(20)15-42-30(32)40)27-22(35-25(38)13-34-10-9-31(3,4)5)8-7-17-16(2)21(33)12-23(36-28)26(17)27/h11-12,22,34,41H,6-10,13-15H2,1-5H3,(H,35,38)/t22-,32-/m0/s1. The van der Waals surface area contributed by atoms with Crippen molar-refractivity contribution < 1.29 is 23.8 Å². The van der Waals surface area contributed by atoms with E-state index >= 15 is 4.39 Å². The number of rotatable bonds is 6. The summed E-state index contributed by atoms with van der Waals surface area (Å²) in [4.78, 5) is 44.3. The predicted octanol–water partition coefficient (Wildman–Crippen LogP) is 3.66. The molecule has 1 aromatic carbocycles. The fourth-order valence-electron chi connectivity index (χ4n) is 6.61. The second-order valence-corrected chi connectivity index (χ2v) is 13.0. The van der Waals surface area contributed by atoms with E-state index in [9.17, 15) is 19.5 Å². The van der Waals surface area contributed by atoms with Gasteiger partial charge in [-0.2, -0.15) is 0 Å². The maximum absolute atomic E-state index is 15.1. The number of benzene rings is 1. The van der Waals surface area contributed by atoms with Crippen molar-refractivity contribution in [3.63, 3.8) is 0 Å². The Kier molecular flexibility index (Phi) is 6.77. The highest BCUT2D eigenvalue weighted by Crippen LogP contribution is 2.45. The molecule has 0 radical (unpaired) electrons. The van der Waals surface area contributed by atoms with Crippen molar-refractivity contribution in [1.29, 1.82) is 0 Å². The molecule has 10 heteroatoms. The normalized spacial score (nSPS) is 20.6. The Labute approximate surface area is 243 Å². The number of aliphatic hydroxyl groups is 1. The fourth-order valence-corrected chi connectivity index (χ4v) is 6.61. The van der Waals surface area contributed by atoms with E-state index in [0.29, 0.717) is 35.3 Å². The van der Waals surface area contributed by atoms with E-state index in [1.807, 2.05) is 0 Å². The summed E-state index contributed by atoms with van der Waals surface area (Å²) in [6, 6.07) is 2.71. The lowest BCUT2D eigenvalue weighted by Crippen LogP contribution is -2.44. The number of cyclic esters (lactones) is 1. The van der Waals surface area contributed by atoms with Crippen LogP contribution in [-0.2, 0) is 39.5 Å². The van der Waals surface area contributed by atoms with Gasteiger partial charge in [0.25, 0.3) is 5.56 Å². The van der Waals surface area contributed by atoms with Crippen molar-refractivity contribution in [2.45, 2.75) is 85.1 Å². The summed E-state index contributed by atoms with van der Waals surface area (Å²) in [5, 5.41) is 18.5. The summed E-state index contributed by atoms with van der Waals surface area (Å²) in [5.41, 5.74) is 2.78. The first-order valence-electron chi connectivity index (χ1n) is 14.7. The van der Waals surface area contributed by atoms with Crippen LogP contribution in [0.15, 0.2) is 16.9 Å². The minimum Gasteiger partial charge on any atom is -0.458 e. The van der Waals surface area contributed by atoms with Gasteiger partial charge in [-0.05, 0) is 67.3 Å². The number of amides is 1. The zero-order valence-electron chi connectivity index (χ0n) is 24.7. The number of hydrogen-bond acceptors (Lipinski definition) is 7. The van der Waals surface area contributed by atoms with Gasteiger partial charge in [0, 0.05) is 22.6 Å². The maximum Gasteiger partial charge on any atom is 0.343 e. The Morgan fingerprint density at radius 3 is 2.71 bits per heavy atom. The highest BCUT2D eigenvalue weighted by molar-refractivity contribution is 5.94. The Bertz CT molecular complexity index is 1720. The van der Waals surface area contributed by atoms with Crippen molar-refractivity contribution in [2.75, 3.05) is 13.1 Å². The lowest BCUT2D eigenvalue weighted by Gasteiger charge is -2.31. The van der Waals surface area contributed by atoms with Crippen LogP contribution in [0.1, 0.15) is 86.4 Å². The number of nitrogens with zero attached hydrogens (tertiary/aromatic N) is 2. The van der Waals surface area contributed by atoms with Gasteiger partial charge in [0.2, 0.25) is 5.91 Å². The van der Waals surface area contributed by atoms with Gasteiger partial charge in [0.15, 0.2) is 5.60 Å². The van der Waals surface area contributed by atoms with Crippen LogP contribution < -0.4 is 16.2 Å². The van der Waals surface area contributed by atoms with E-state index in [2.05, 4.69) is 31.4 Å². The van der Waals surface area contributed by atoms with Crippen molar-refractivity contribution in [3.8, 4) is 11.4 Å². The third kappa shape index (κ3) is 4.43. The highest BCUT2D eigenvalue weighted by atomic mass is 19.1. The molecule has 4 heterocycles. The van der Waals surface area contributed by atoms with Gasteiger partial charge in [-0.15, -0.1) is 0 Å². The molecule has 0 saturated heterocycles. The maximum atomic E-state index is 15.1. The van der Waals surface area contributed by atoms with E-state index in [-0.39, 0.29) is 66.0 Å². The van der Waals surface area contributed by atoms with Crippen molar-refractivity contribution in [3.05, 3.63) is 61.7 Å². The van der Waals surface area contributed by atoms with Crippen LogP contribution in [0.5, 0.6) is 0 Å². The van der Waals surface area contributed by atoms with Crippen LogP contribution in [0.25, 0.3) is 22.3 Å². The van der Waals surface area contributed by atoms with Crippen molar-refractivity contribution in [1.82, 2.24) is 20.2 Å². The Hall–Kier alpha value is -3.63. The molecule has 2 aromatic heterocycles. The van der Waals surface area contributed by atoms with Gasteiger partial charge in [-0.3, -0.25) is 9.59 Å². The number of fused-ring (bicyclic) bond motifs is 5.